The summed E-state index contributed by atoms with van der Waals surface area (Å²) >= 11 is 6.47. The molecule has 0 aromatic carbocycles. The zero-order valence-electron chi connectivity index (χ0n) is 16.0. The predicted molar refractivity (Wildman–Crippen MR) is 129 cm³/mol. The van der Waals surface area contributed by atoms with Crippen LogP contribution in [0.3, 0.4) is 0 Å². The Hall–Kier alpha value is -3.38. The summed E-state index contributed by atoms with van der Waals surface area (Å²) in [5.74, 6) is -0.318. The van der Waals surface area contributed by atoms with Gasteiger partial charge in [0.2, 0.25) is 10.0 Å². The lowest BCUT2D eigenvalue weighted by molar-refractivity contribution is 0.676. The molecule has 0 unspecified atom stereocenters. The minimum atomic E-state index is -0.228. The van der Waals surface area contributed by atoms with Gasteiger partial charge in [-0.3, -0.25) is 0 Å². The largest absolute Gasteiger partial charge is 0.351 e. The van der Waals surface area contributed by atoms with Gasteiger partial charge in [0, 0.05) is 17.5 Å². The molecule has 1 aliphatic rings. The average Bonchev–Trinajstić information content (AvgIpc) is 3.49. The summed E-state index contributed by atoms with van der Waals surface area (Å²) in [6.07, 6.45) is 0. The van der Waals surface area contributed by atoms with E-state index >= 15 is 0 Å². The lowest BCUT2D eigenvalue weighted by Gasteiger charge is -2.19. The summed E-state index contributed by atoms with van der Waals surface area (Å²) in [6.45, 7) is 18.5. The van der Waals surface area contributed by atoms with E-state index in [1.807, 2.05) is 24.3 Å². The Bertz CT molecular complexity index is 1500. The van der Waals surface area contributed by atoms with Crippen LogP contribution in [-0.2, 0) is 5.41 Å². The molecule has 4 aromatic heterocycles. The van der Waals surface area contributed by atoms with Crippen LogP contribution in [0.4, 0.5) is 10.0 Å². The van der Waals surface area contributed by atoms with Crippen LogP contribution >= 0.6 is 45.3 Å². The molecule has 31 heavy (non-hydrogen) atoms. The van der Waals surface area contributed by atoms with E-state index in [1.54, 1.807) is 22.7 Å². The van der Waals surface area contributed by atoms with Gasteiger partial charge in [-0.05, 0) is 11.1 Å². The number of fused-ring (bicyclic) bond motifs is 7. The van der Waals surface area contributed by atoms with Gasteiger partial charge in [-0.2, -0.15) is 0 Å². The molecule has 6 nitrogen and oxygen atoms in total. The van der Waals surface area contributed by atoms with Crippen molar-refractivity contribution in [3.63, 3.8) is 0 Å². The van der Waals surface area contributed by atoms with Crippen LogP contribution in [0.15, 0.2) is 22.1 Å². The molecule has 0 amide bonds. The van der Waals surface area contributed by atoms with Gasteiger partial charge in [-0.1, -0.05) is 59.7 Å². The number of rotatable bonds is 2. The molecule has 146 valence electrons. The topological polar surface area (TPSA) is 81.0 Å². The minimum absolute atomic E-state index is 0.159. The molecule has 0 saturated heterocycles. The molecule has 5 rings (SSSR count). The van der Waals surface area contributed by atoms with E-state index in [4.69, 9.17) is 23.7 Å². The second-order valence-electron chi connectivity index (χ2n) is 7.11. The fourth-order valence-electron chi connectivity index (χ4n) is 3.80. The van der Waals surface area contributed by atoms with Crippen molar-refractivity contribution >= 4 is 85.8 Å². The first-order valence-electron chi connectivity index (χ1n) is 8.77. The van der Waals surface area contributed by atoms with Gasteiger partial charge < -0.3 is 9.69 Å². The highest BCUT2D eigenvalue weighted by atomic mass is 32.1. The van der Waals surface area contributed by atoms with Crippen molar-refractivity contribution in [2.45, 2.75) is 19.3 Å². The van der Waals surface area contributed by atoms with E-state index in [-0.39, 0.29) is 17.1 Å². The van der Waals surface area contributed by atoms with Crippen molar-refractivity contribution in [3.8, 4) is 21.9 Å². The van der Waals surface area contributed by atoms with Crippen LogP contribution in [0.2, 0.25) is 0 Å². The SMILES string of the molecule is [C-]#[N+]C(C#N)=Nc1cc2sc3c(c2s1)C(C)(C)c1c-3sc2cc(N=C(C#N)[N+]#[C-])sc12. The summed E-state index contributed by atoms with van der Waals surface area (Å²) in [6, 6.07) is 7.55. The Balaban J connectivity index is 1.68. The first kappa shape index (κ1) is 19.6. The van der Waals surface area contributed by atoms with Crippen LogP contribution in [0.1, 0.15) is 25.0 Å². The third kappa shape index (κ3) is 2.75. The Labute approximate surface area is 192 Å². The Kier molecular flexibility index (Phi) is 4.31. The molecule has 0 N–H and O–H groups in total. The van der Waals surface area contributed by atoms with Gasteiger partial charge >= 0.3 is 11.7 Å². The molecule has 4 heterocycles. The monoisotopic (exact) mass is 472 g/mol. The highest BCUT2D eigenvalue weighted by molar-refractivity contribution is 7.36. The Morgan fingerprint density at radius 1 is 0.839 bits per heavy atom. The van der Waals surface area contributed by atoms with E-state index in [1.165, 1.54) is 43.6 Å². The lowest BCUT2D eigenvalue weighted by Crippen LogP contribution is -2.14. The number of nitrogens with zero attached hydrogens (tertiary/aromatic N) is 6. The predicted octanol–water partition coefficient (Wildman–Crippen LogP) is 7.49. The van der Waals surface area contributed by atoms with Crippen LogP contribution < -0.4 is 0 Å². The minimum Gasteiger partial charge on any atom is -0.351 e. The number of hydrogen-bond donors (Lipinski definition) is 0. The quantitative estimate of drug-likeness (QED) is 0.172. The number of aliphatic imine (C=N–C) groups is 2. The van der Waals surface area contributed by atoms with Crippen molar-refractivity contribution in [2.24, 2.45) is 9.98 Å². The maximum atomic E-state index is 9.00. The molecule has 0 fully saturated rings. The molecule has 4 aromatic rings. The maximum Gasteiger partial charge on any atom is 0.350 e. The third-order valence-electron chi connectivity index (χ3n) is 5.00. The van der Waals surface area contributed by atoms with E-state index < -0.39 is 0 Å². The highest BCUT2D eigenvalue weighted by Crippen LogP contribution is 2.63. The van der Waals surface area contributed by atoms with Gasteiger partial charge in [-0.25, -0.2) is 10.5 Å². The summed E-state index contributed by atoms with van der Waals surface area (Å²) in [5.41, 5.74) is 2.30. The molecule has 0 saturated carbocycles. The number of thiophene rings is 4. The lowest BCUT2D eigenvalue weighted by atomic mass is 9.84. The summed E-state index contributed by atoms with van der Waals surface area (Å²) in [5, 5.41) is 19.3. The van der Waals surface area contributed by atoms with E-state index in [0.29, 0.717) is 10.0 Å². The average molecular weight is 473 g/mol. The van der Waals surface area contributed by atoms with E-state index in [2.05, 4.69) is 33.5 Å². The Morgan fingerprint density at radius 2 is 1.26 bits per heavy atom. The van der Waals surface area contributed by atoms with Gasteiger partial charge in [0.25, 0.3) is 0 Å². The number of nitriles is 2. The normalized spacial score (nSPS) is 14.6. The highest BCUT2D eigenvalue weighted by Gasteiger charge is 2.43. The zero-order chi connectivity index (χ0) is 21.9. The molecule has 0 spiro atoms. The van der Waals surface area contributed by atoms with Crippen molar-refractivity contribution in [1.29, 1.82) is 10.5 Å². The smallest absolute Gasteiger partial charge is 0.350 e. The number of amidine groups is 2. The van der Waals surface area contributed by atoms with Crippen LogP contribution in [-0.4, -0.2) is 11.7 Å². The fourth-order valence-corrected chi connectivity index (χ4v) is 9.58. The van der Waals surface area contributed by atoms with Gasteiger partial charge in [0.1, 0.15) is 12.1 Å². The van der Waals surface area contributed by atoms with Crippen LogP contribution in [0, 0.1) is 35.8 Å². The van der Waals surface area contributed by atoms with Gasteiger partial charge in [-0.15, -0.1) is 22.7 Å². The fraction of sp³-hybridized carbons (Fsp3) is 0.143. The second kappa shape index (κ2) is 6.82. The van der Waals surface area contributed by atoms with E-state index in [0.717, 1.165) is 18.8 Å². The summed E-state index contributed by atoms with van der Waals surface area (Å²) < 4.78 is 4.54. The molecule has 0 bridgehead atoms. The second-order valence-corrected chi connectivity index (χ2v) is 11.3. The van der Waals surface area contributed by atoms with Crippen molar-refractivity contribution in [3.05, 3.63) is 46.1 Å². The van der Waals surface area contributed by atoms with Gasteiger partial charge in [0.05, 0.1) is 28.6 Å². The summed E-state index contributed by atoms with van der Waals surface area (Å²) in [4.78, 5) is 17.2. The molecule has 0 atom stereocenters. The molecular weight excluding hydrogens is 465 g/mol. The maximum absolute atomic E-state index is 9.00. The first-order valence-corrected chi connectivity index (χ1v) is 12.0. The first-order chi connectivity index (χ1) is 14.9. The van der Waals surface area contributed by atoms with Crippen LogP contribution in [0.5, 0.6) is 0 Å². The number of hydrogen-bond acceptors (Lipinski definition) is 8. The van der Waals surface area contributed by atoms with Crippen molar-refractivity contribution < 1.29 is 0 Å². The molecule has 10 heteroatoms. The standard InChI is InChI=1S/C21H8N6S4/c1-21(2)15-17-9(5-13(30-17)26-11(7-22)24-3)28-19(15)20-16(21)18-10(29-20)6-14(31-18)27-12(8-23)25-4/h5-6H,1-2H3. The molecule has 1 aliphatic carbocycles. The summed E-state index contributed by atoms with van der Waals surface area (Å²) in [7, 11) is 0. The van der Waals surface area contributed by atoms with Crippen molar-refractivity contribution in [1.82, 2.24) is 0 Å². The zero-order valence-corrected chi connectivity index (χ0v) is 19.2. The molecule has 0 radical (unpaired) electrons. The van der Waals surface area contributed by atoms with Crippen LogP contribution in [0.25, 0.3) is 38.2 Å². The van der Waals surface area contributed by atoms with Crippen molar-refractivity contribution in [2.75, 3.05) is 0 Å². The Morgan fingerprint density at radius 3 is 1.61 bits per heavy atom. The third-order valence-corrected chi connectivity index (χ3v) is 9.79. The van der Waals surface area contributed by atoms with E-state index in [9.17, 15) is 0 Å². The molecule has 0 aliphatic heterocycles. The van der Waals surface area contributed by atoms with Gasteiger partial charge in [0.15, 0.2) is 0 Å². The molecular formula is C21H8N6S4.